The average Bonchev–Trinajstić information content (AvgIpc) is 2.83. The van der Waals surface area contributed by atoms with Gasteiger partial charge in [-0.05, 0) is 6.07 Å². The quantitative estimate of drug-likeness (QED) is 0.856. The van der Waals surface area contributed by atoms with Crippen molar-refractivity contribution in [3.05, 3.63) is 34.3 Å². The van der Waals surface area contributed by atoms with E-state index in [4.69, 9.17) is 5.26 Å². The second-order valence-electron chi connectivity index (χ2n) is 3.17. The van der Waals surface area contributed by atoms with Gasteiger partial charge in [0.1, 0.15) is 6.07 Å². The Balaban J connectivity index is 1.96. The summed E-state index contributed by atoms with van der Waals surface area (Å²) >= 11 is 1.59. The molecule has 4 nitrogen and oxygen atoms in total. The van der Waals surface area contributed by atoms with Crippen molar-refractivity contribution in [1.29, 1.82) is 5.26 Å². The fourth-order valence-corrected chi connectivity index (χ4v) is 1.98. The predicted octanol–water partition coefficient (Wildman–Crippen LogP) is 1.97. The van der Waals surface area contributed by atoms with Crippen LogP contribution in [0.15, 0.2) is 23.8 Å². The van der Waals surface area contributed by atoms with E-state index in [0.29, 0.717) is 0 Å². The maximum Gasteiger partial charge on any atom is 0.100 e. The third-order valence-electron chi connectivity index (χ3n) is 1.95. The van der Waals surface area contributed by atoms with Crippen LogP contribution in [0, 0.1) is 11.3 Å². The van der Waals surface area contributed by atoms with E-state index in [2.05, 4.69) is 16.5 Å². The van der Waals surface area contributed by atoms with Crippen LogP contribution >= 0.6 is 11.3 Å². The Bertz CT molecular complexity index is 491. The third-order valence-corrected chi connectivity index (χ3v) is 2.89. The molecule has 0 amide bonds. The molecule has 0 aliphatic heterocycles. The van der Waals surface area contributed by atoms with E-state index in [0.717, 1.165) is 22.7 Å². The lowest BCUT2D eigenvalue weighted by Gasteiger charge is -1.99. The number of rotatable bonds is 3. The number of hydrogen-bond acceptors (Lipinski definition) is 4. The summed E-state index contributed by atoms with van der Waals surface area (Å²) in [5, 5.41) is 17.8. The Morgan fingerprint density at radius 1 is 1.67 bits per heavy atom. The highest BCUT2D eigenvalue weighted by atomic mass is 32.1. The predicted molar refractivity (Wildman–Crippen MR) is 59.6 cm³/mol. The van der Waals surface area contributed by atoms with Gasteiger partial charge in [0.25, 0.3) is 0 Å². The maximum atomic E-state index is 8.66. The zero-order valence-corrected chi connectivity index (χ0v) is 9.08. The highest BCUT2D eigenvalue weighted by Crippen LogP contribution is 2.15. The summed E-state index contributed by atoms with van der Waals surface area (Å²) in [4.78, 5) is 1.15. The zero-order valence-electron chi connectivity index (χ0n) is 8.27. The molecule has 0 fully saturated rings. The number of aryl methyl sites for hydroxylation is 1. The normalized spacial score (nSPS) is 9.87. The second kappa shape index (κ2) is 4.15. The molecule has 1 N–H and O–H groups in total. The molecule has 2 aromatic heterocycles. The van der Waals surface area contributed by atoms with E-state index in [-0.39, 0.29) is 0 Å². The Morgan fingerprint density at radius 2 is 2.53 bits per heavy atom. The Morgan fingerprint density at radius 3 is 3.13 bits per heavy atom. The molecule has 0 saturated heterocycles. The number of nitrogens with one attached hydrogen (secondary N) is 1. The summed E-state index contributed by atoms with van der Waals surface area (Å²) in [5.41, 5.74) is 1.72. The summed E-state index contributed by atoms with van der Waals surface area (Å²) in [6.45, 7) is 0.734. The van der Waals surface area contributed by atoms with Gasteiger partial charge in [-0.2, -0.15) is 10.4 Å². The molecule has 0 aliphatic rings. The molecule has 2 heterocycles. The van der Waals surface area contributed by atoms with Crippen LogP contribution in [0.4, 0.5) is 5.69 Å². The first kappa shape index (κ1) is 9.74. The molecule has 0 bridgehead atoms. The highest BCUT2D eigenvalue weighted by Gasteiger charge is 1.99. The van der Waals surface area contributed by atoms with Crippen LogP contribution in [0.1, 0.15) is 10.4 Å². The minimum absolute atomic E-state index is 0.725. The van der Waals surface area contributed by atoms with Gasteiger partial charge in [-0.15, -0.1) is 11.3 Å². The molecule has 76 valence electrons. The molecule has 0 spiro atoms. The molecular formula is C10H10N4S. The smallest absolute Gasteiger partial charge is 0.100 e. The number of thiophene rings is 1. The van der Waals surface area contributed by atoms with Crippen LogP contribution in [0.5, 0.6) is 0 Å². The topological polar surface area (TPSA) is 53.6 Å². The molecule has 0 atom stereocenters. The molecule has 0 saturated carbocycles. The molecule has 15 heavy (non-hydrogen) atoms. The lowest BCUT2D eigenvalue weighted by molar-refractivity contribution is 0.768. The first-order valence-corrected chi connectivity index (χ1v) is 5.36. The Hall–Kier alpha value is -1.80. The van der Waals surface area contributed by atoms with Crippen molar-refractivity contribution in [2.45, 2.75) is 6.54 Å². The van der Waals surface area contributed by atoms with Gasteiger partial charge < -0.3 is 5.32 Å². The summed E-state index contributed by atoms with van der Waals surface area (Å²) < 4.78 is 1.75. The van der Waals surface area contributed by atoms with Crippen LogP contribution in [0.25, 0.3) is 0 Å². The molecule has 0 radical (unpaired) electrons. The average molecular weight is 218 g/mol. The van der Waals surface area contributed by atoms with Crippen LogP contribution in [0.2, 0.25) is 0 Å². The lowest BCUT2D eigenvalue weighted by Crippen LogP contribution is -1.95. The fraction of sp³-hybridized carbons (Fsp3) is 0.200. The standard InChI is InChI=1S/C10H10N4S/c1-14-6-9(4-13-14)12-5-10-2-8(3-11)7-15-10/h2,4,6-7,12H,5H2,1H3. The second-order valence-corrected chi connectivity index (χ2v) is 4.17. The minimum atomic E-state index is 0.725. The molecule has 5 heteroatoms. The number of nitriles is 1. The van der Waals surface area contributed by atoms with Crippen molar-refractivity contribution in [2.75, 3.05) is 5.32 Å². The first-order valence-electron chi connectivity index (χ1n) is 4.48. The molecule has 0 aromatic carbocycles. The van der Waals surface area contributed by atoms with E-state index in [1.807, 2.05) is 24.7 Å². The molecule has 0 aliphatic carbocycles. The lowest BCUT2D eigenvalue weighted by atomic mass is 10.3. The van der Waals surface area contributed by atoms with Crippen molar-refractivity contribution in [1.82, 2.24) is 9.78 Å². The number of aromatic nitrogens is 2. The number of nitrogens with zero attached hydrogens (tertiary/aromatic N) is 3. The van der Waals surface area contributed by atoms with Gasteiger partial charge in [0.05, 0.1) is 17.4 Å². The van der Waals surface area contributed by atoms with Gasteiger partial charge in [0.15, 0.2) is 0 Å². The number of hydrogen-bond donors (Lipinski definition) is 1. The summed E-state index contributed by atoms with van der Waals surface area (Å²) in [6.07, 6.45) is 3.69. The van der Waals surface area contributed by atoms with Crippen molar-refractivity contribution < 1.29 is 0 Å². The van der Waals surface area contributed by atoms with Crippen LogP contribution in [-0.2, 0) is 13.6 Å². The number of anilines is 1. The van der Waals surface area contributed by atoms with Gasteiger partial charge in [-0.1, -0.05) is 0 Å². The SMILES string of the molecule is Cn1cc(NCc2cc(C#N)cs2)cn1. The molecule has 2 aromatic rings. The Kier molecular flexibility index (Phi) is 2.70. The van der Waals surface area contributed by atoms with Crippen molar-refractivity contribution in [2.24, 2.45) is 7.05 Å². The fourth-order valence-electron chi connectivity index (χ4n) is 1.23. The van der Waals surface area contributed by atoms with E-state index in [9.17, 15) is 0 Å². The zero-order chi connectivity index (χ0) is 10.7. The van der Waals surface area contributed by atoms with Gasteiger partial charge in [-0.3, -0.25) is 4.68 Å². The summed E-state index contributed by atoms with van der Waals surface area (Å²) in [6, 6.07) is 4.01. The summed E-state index contributed by atoms with van der Waals surface area (Å²) in [7, 11) is 1.88. The monoisotopic (exact) mass is 218 g/mol. The Labute approximate surface area is 91.8 Å². The van der Waals surface area contributed by atoms with Crippen molar-refractivity contribution >= 4 is 17.0 Å². The van der Waals surface area contributed by atoms with E-state index < -0.39 is 0 Å². The summed E-state index contributed by atoms with van der Waals surface area (Å²) in [5.74, 6) is 0. The highest BCUT2D eigenvalue weighted by molar-refractivity contribution is 7.10. The largest absolute Gasteiger partial charge is 0.378 e. The van der Waals surface area contributed by atoms with Gasteiger partial charge in [0, 0.05) is 30.0 Å². The van der Waals surface area contributed by atoms with Crippen LogP contribution in [-0.4, -0.2) is 9.78 Å². The minimum Gasteiger partial charge on any atom is -0.378 e. The first-order chi connectivity index (χ1) is 7.28. The van der Waals surface area contributed by atoms with Crippen LogP contribution in [0.3, 0.4) is 0 Å². The van der Waals surface area contributed by atoms with E-state index in [1.165, 1.54) is 0 Å². The van der Waals surface area contributed by atoms with Gasteiger partial charge in [0.2, 0.25) is 0 Å². The maximum absolute atomic E-state index is 8.66. The third kappa shape index (κ3) is 2.36. The van der Waals surface area contributed by atoms with E-state index >= 15 is 0 Å². The van der Waals surface area contributed by atoms with E-state index in [1.54, 1.807) is 22.2 Å². The van der Waals surface area contributed by atoms with Gasteiger partial charge >= 0.3 is 0 Å². The molecule has 2 rings (SSSR count). The molecule has 0 unspecified atom stereocenters. The van der Waals surface area contributed by atoms with Gasteiger partial charge in [-0.25, -0.2) is 0 Å². The van der Waals surface area contributed by atoms with Crippen LogP contribution < -0.4 is 5.32 Å². The van der Waals surface area contributed by atoms with Crippen molar-refractivity contribution in [3.63, 3.8) is 0 Å². The molecular weight excluding hydrogens is 208 g/mol. The van der Waals surface area contributed by atoms with Crippen molar-refractivity contribution in [3.8, 4) is 6.07 Å².